The second kappa shape index (κ2) is 7.80. The summed E-state index contributed by atoms with van der Waals surface area (Å²) >= 11 is 0. The van der Waals surface area contributed by atoms with Gasteiger partial charge >= 0.3 is 5.97 Å². The predicted octanol–water partition coefficient (Wildman–Crippen LogP) is 3.62. The van der Waals surface area contributed by atoms with Crippen molar-refractivity contribution in [3.05, 3.63) is 89.5 Å². The summed E-state index contributed by atoms with van der Waals surface area (Å²) in [5.41, 5.74) is 4.61. The molecule has 1 aliphatic carbocycles. The number of ether oxygens (including phenoxy) is 1. The maximum absolute atomic E-state index is 13.2. The van der Waals surface area contributed by atoms with Gasteiger partial charge in [0, 0.05) is 6.42 Å². The second-order valence-electron chi connectivity index (χ2n) is 7.06. The lowest BCUT2D eigenvalue weighted by Crippen LogP contribution is -2.44. The largest absolute Gasteiger partial charge is 0.497 e. The number of rotatable bonds is 6. The maximum atomic E-state index is 13.2. The average molecular weight is 387 g/mol. The molecule has 3 aromatic carbocycles. The highest BCUT2D eigenvalue weighted by atomic mass is 16.5. The van der Waals surface area contributed by atoms with Crippen LogP contribution in [0, 0.1) is 0 Å². The zero-order chi connectivity index (χ0) is 20.4. The van der Waals surface area contributed by atoms with Gasteiger partial charge < -0.3 is 15.2 Å². The van der Waals surface area contributed by atoms with E-state index in [0.717, 1.165) is 27.8 Å². The van der Waals surface area contributed by atoms with Crippen LogP contribution in [0.3, 0.4) is 0 Å². The lowest BCUT2D eigenvalue weighted by atomic mass is 9.95. The molecule has 4 rings (SSSR count). The van der Waals surface area contributed by atoms with E-state index >= 15 is 0 Å². The monoisotopic (exact) mass is 387 g/mol. The summed E-state index contributed by atoms with van der Waals surface area (Å²) in [5, 5.41) is 12.4. The Labute approximate surface area is 169 Å². The van der Waals surface area contributed by atoms with Crippen LogP contribution < -0.4 is 10.1 Å². The molecule has 0 unspecified atom stereocenters. The van der Waals surface area contributed by atoms with Crippen molar-refractivity contribution in [3.8, 4) is 16.9 Å². The highest BCUT2D eigenvalue weighted by molar-refractivity contribution is 5.97. The minimum atomic E-state index is -1.07. The number of carbonyl (C=O) groups excluding carboxylic acids is 1. The number of aliphatic carboxylic acids is 1. The molecule has 0 aliphatic heterocycles. The number of carboxylic acids is 1. The van der Waals surface area contributed by atoms with E-state index < -0.39 is 17.9 Å². The van der Waals surface area contributed by atoms with Crippen molar-refractivity contribution in [3.63, 3.8) is 0 Å². The Balaban J connectivity index is 1.61. The van der Waals surface area contributed by atoms with E-state index in [0.29, 0.717) is 5.75 Å². The number of hydrogen-bond acceptors (Lipinski definition) is 3. The van der Waals surface area contributed by atoms with E-state index in [1.807, 2.05) is 54.6 Å². The lowest BCUT2D eigenvalue weighted by molar-refractivity contribution is -0.141. The number of carboxylic acid groups (broad SMARTS) is 1. The van der Waals surface area contributed by atoms with Gasteiger partial charge in [0.1, 0.15) is 11.8 Å². The zero-order valence-electron chi connectivity index (χ0n) is 16.0. The Morgan fingerprint density at radius 1 is 0.966 bits per heavy atom. The first-order chi connectivity index (χ1) is 14.1. The average Bonchev–Trinajstić information content (AvgIpc) is 3.08. The maximum Gasteiger partial charge on any atom is 0.326 e. The molecule has 0 heterocycles. The van der Waals surface area contributed by atoms with E-state index in [1.165, 1.54) is 0 Å². The van der Waals surface area contributed by atoms with Crippen LogP contribution in [0.2, 0.25) is 0 Å². The van der Waals surface area contributed by atoms with E-state index in [4.69, 9.17) is 4.74 Å². The highest BCUT2D eigenvalue weighted by Gasteiger charge is 2.35. The fourth-order valence-corrected chi connectivity index (χ4v) is 3.93. The molecular formula is C24H21NO4. The van der Waals surface area contributed by atoms with Crippen molar-refractivity contribution in [2.24, 2.45) is 0 Å². The zero-order valence-corrected chi connectivity index (χ0v) is 16.0. The molecule has 1 amide bonds. The molecule has 0 saturated heterocycles. The first kappa shape index (κ1) is 18.7. The van der Waals surface area contributed by atoms with Crippen LogP contribution in [0.25, 0.3) is 11.1 Å². The van der Waals surface area contributed by atoms with Crippen LogP contribution in [0.5, 0.6) is 5.75 Å². The minimum absolute atomic E-state index is 0.175. The normalized spacial score (nSPS) is 13.3. The Hall–Kier alpha value is -3.60. The van der Waals surface area contributed by atoms with Gasteiger partial charge in [-0.2, -0.15) is 0 Å². The molecule has 1 aliphatic rings. The molecule has 5 heteroatoms. The Bertz CT molecular complexity index is 1030. The molecule has 146 valence electrons. The predicted molar refractivity (Wildman–Crippen MR) is 110 cm³/mol. The molecule has 2 N–H and O–H groups in total. The number of methoxy groups -OCH3 is 1. The summed E-state index contributed by atoms with van der Waals surface area (Å²) in [7, 11) is 1.56. The van der Waals surface area contributed by atoms with Gasteiger partial charge in [0.2, 0.25) is 5.91 Å². The topological polar surface area (TPSA) is 75.6 Å². The number of nitrogens with one attached hydrogen (secondary N) is 1. The number of carbonyl (C=O) groups is 2. The summed E-state index contributed by atoms with van der Waals surface area (Å²) in [6.45, 7) is 0. The number of amides is 1. The Morgan fingerprint density at radius 2 is 1.59 bits per heavy atom. The van der Waals surface area contributed by atoms with Gasteiger partial charge in [-0.05, 0) is 39.9 Å². The van der Waals surface area contributed by atoms with E-state index in [9.17, 15) is 14.7 Å². The lowest BCUT2D eigenvalue weighted by Gasteiger charge is -2.19. The standard InChI is InChI=1S/C24H21NO4/c1-29-16-8-6-7-15(13-16)14-21(24(27)28)25-23(26)22-19-11-4-2-9-17(19)18-10-3-5-12-20(18)22/h2-13,21-22H,14H2,1H3,(H,25,26)(H,27,28)/t21-/m1/s1. The van der Waals surface area contributed by atoms with Crippen LogP contribution in [-0.2, 0) is 16.0 Å². The molecule has 0 saturated carbocycles. The fraction of sp³-hybridized carbons (Fsp3) is 0.167. The first-order valence-corrected chi connectivity index (χ1v) is 9.43. The van der Waals surface area contributed by atoms with Crippen molar-refractivity contribution in [2.45, 2.75) is 18.4 Å². The van der Waals surface area contributed by atoms with E-state index in [1.54, 1.807) is 25.3 Å². The quantitative estimate of drug-likeness (QED) is 0.677. The highest BCUT2D eigenvalue weighted by Crippen LogP contribution is 2.44. The third kappa shape index (κ3) is 3.59. The van der Waals surface area contributed by atoms with Gasteiger partial charge in [0.15, 0.2) is 0 Å². The summed E-state index contributed by atoms with van der Waals surface area (Å²) < 4.78 is 5.20. The third-order valence-corrected chi connectivity index (χ3v) is 5.28. The van der Waals surface area contributed by atoms with Gasteiger partial charge in [-0.25, -0.2) is 4.79 Å². The van der Waals surface area contributed by atoms with E-state index in [-0.39, 0.29) is 12.3 Å². The van der Waals surface area contributed by atoms with Gasteiger partial charge in [-0.15, -0.1) is 0 Å². The van der Waals surface area contributed by atoms with Crippen LogP contribution in [0.1, 0.15) is 22.6 Å². The molecule has 1 atom stereocenters. The summed E-state index contributed by atoms with van der Waals surface area (Å²) in [5.74, 6) is -1.25. The molecule has 29 heavy (non-hydrogen) atoms. The summed E-state index contributed by atoms with van der Waals surface area (Å²) in [4.78, 5) is 25.1. The molecule has 0 bridgehead atoms. The number of hydrogen-bond donors (Lipinski definition) is 2. The molecule has 0 aromatic heterocycles. The van der Waals surface area contributed by atoms with Crippen LogP contribution in [0.4, 0.5) is 0 Å². The summed E-state index contributed by atoms with van der Waals surface area (Å²) in [6.07, 6.45) is 0.175. The van der Waals surface area contributed by atoms with Crippen LogP contribution in [0.15, 0.2) is 72.8 Å². The van der Waals surface area contributed by atoms with Gasteiger partial charge in [-0.3, -0.25) is 4.79 Å². The fourth-order valence-electron chi connectivity index (χ4n) is 3.93. The summed E-state index contributed by atoms with van der Waals surface area (Å²) in [6, 6.07) is 21.7. The Kier molecular flexibility index (Phi) is 5.04. The van der Waals surface area contributed by atoms with Crippen LogP contribution >= 0.6 is 0 Å². The molecule has 3 aromatic rings. The Morgan fingerprint density at radius 3 is 2.17 bits per heavy atom. The van der Waals surface area contributed by atoms with Crippen molar-refractivity contribution >= 4 is 11.9 Å². The van der Waals surface area contributed by atoms with Crippen molar-refractivity contribution in [2.75, 3.05) is 7.11 Å². The molecule has 0 fully saturated rings. The van der Waals surface area contributed by atoms with Crippen molar-refractivity contribution in [1.29, 1.82) is 0 Å². The molecule has 0 radical (unpaired) electrons. The van der Waals surface area contributed by atoms with E-state index in [2.05, 4.69) is 5.32 Å². The number of benzene rings is 3. The minimum Gasteiger partial charge on any atom is -0.497 e. The SMILES string of the molecule is COc1cccc(C[C@@H](NC(=O)C2c3ccccc3-c3ccccc32)C(=O)O)c1. The molecular weight excluding hydrogens is 366 g/mol. The smallest absolute Gasteiger partial charge is 0.326 e. The van der Waals surface area contributed by atoms with Gasteiger partial charge in [0.25, 0.3) is 0 Å². The third-order valence-electron chi connectivity index (χ3n) is 5.28. The molecule has 5 nitrogen and oxygen atoms in total. The number of fused-ring (bicyclic) bond motifs is 3. The van der Waals surface area contributed by atoms with Gasteiger partial charge in [0.05, 0.1) is 13.0 Å². The second-order valence-corrected chi connectivity index (χ2v) is 7.06. The van der Waals surface area contributed by atoms with Crippen LogP contribution in [-0.4, -0.2) is 30.1 Å². The molecule has 0 spiro atoms. The van der Waals surface area contributed by atoms with Gasteiger partial charge in [-0.1, -0.05) is 60.7 Å². The van der Waals surface area contributed by atoms with Crippen molar-refractivity contribution < 1.29 is 19.4 Å². The van der Waals surface area contributed by atoms with Crippen molar-refractivity contribution in [1.82, 2.24) is 5.32 Å². The first-order valence-electron chi connectivity index (χ1n) is 9.43.